The van der Waals surface area contributed by atoms with Crippen LogP contribution in [0.3, 0.4) is 0 Å². The van der Waals surface area contributed by atoms with Gasteiger partial charge in [-0.25, -0.2) is 10.0 Å². The van der Waals surface area contributed by atoms with Crippen LogP contribution in [0.2, 0.25) is 0 Å². The van der Waals surface area contributed by atoms with Gasteiger partial charge >= 0.3 is 6.18 Å². The molecule has 3 rings (SSSR count). The Bertz CT molecular complexity index is 935. The van der Waals surface area contributed by atoms with Crippen LogP contribution in [-0.2, 0) is 17.4 Å². The second kappa shape index (κ2) is 7.45. The van der Waals surface area contributed by atoms with E-state index in [1.54, 1.807) is 24.3 Å². The zero-order chi connectivity index (χ0) is 20.5. The minimum Gasteiger partial charge on any atom is -0.310 e. The summed E-state index contributed by atoms with van der Waals surface area (Å²) in [5.41, 5.74) is 15.5. The minimum atomic E-state index is -4.43. The molecule has 0 saturated heterocycles. The van der Waals surface area contributed by atoms with Gasteiger partial charge in [0, 0.05) is 5.56 Å². The molecule has 9 heteroatoms. The molecule has 0 unspecified atom stereocenters. The van der Waals surface area contributed by atoms with Gasteiger partial charge in [-0.05, 0) is 23.8 Å². The number of fused-ring (bicyclic) bond motifs is 1. The number of nitrogens with zero attached hydrogens (tertiary/aromatic N) is 2. The summed E-state index contributed by atoms with van der Waals surface area (Å²) < 4.78 is 37.9. The van der Waals surface area contributed by atoms with Crippen molar-refractivity contribution in [1.82, 2.24) is 10.4 Å². The molecular formula is C19H18F3N5O. The lowest BCUT2D eigenvalue weighted by Gasteiger charge is -2.33. The van der Waals surface area contributed by atoms with E-state index >= 15 is 0 Å². The number of carbonyl (C=O) groups excluding carboxylic acids is 1. The predicted molar refractivity (Wildman–Crippen MR) is 99.9 cm³/mol. The fourth-order valence-electron chi connectivity index (χ4n) is 2.76. The summed E-state index contributed by atoms with van der Waals surface area (Å²) in [7, 11) is 0. The van der Waals surface area contributed by atoms with Crippen LogP contribution >= 0.6 is 0 Å². The maximum Gasteiger partial charge on any atom is 0.416 e. The predicted octanol–water partition coefficient (Wildman–Crippen LogP) is 2.54. The van der Waals surface area contributed by atoms with Crippen molar-refractivity contribution < 1.29 is 18.0 Å². The van der Waals surface area contributed by atoms with Crippen LogP contribution in [-0.4, -0.2) is 22.9 Å². The SMILES string of the molecule is C=C1c2ccccc2N=C(C(N)N)N1NC(=O)Cc1ccc(C(F)(F)F)cc1. The number of hydrogen-bond donors (Lipinski definition) is 3. The number of amides is 1. The van der Waals surface area contributed by atoms with Crippen molar-refractivity contribution in [3.05, 3.63) is 71.8 Å². The van der Waals surface area contributed by atoms with Gasteiger partial charge in [0.15, 0.2) is 5.84 Å². The molecule has 2 aromatic rings. The van der Waals surface area contributed by atoms with Crippen molar-refractivity contribution in [1.29, 1.82) is 0 Å². The molecule has 1 aliphatic heterocycles. The summed E-state index contributed by atoms with van der Waals surface area (Å²) in [5.74, 6) is -0.280. The molecule has 2 aromatic carbocycles. The Kier molecular flexibility index (Phi) is 5.21. The van der Waals surface area contributed by atoms with Gasteiger partial charge in [0.25, 0.3) is 0 Å². The molecule has 0 bridgehead atoms. The quantitative estimate of drug-likeness (QED) is 0.700. The van der Waals surface area contributed by atoms with Gasteiger partial charge in [-0.15, -0.1) is 0 Å². The Morgan fingerprint density at radius 3 is 2.39 bits per heavy atom. The van der Waals surface area contributed by atoms with E-state index in [1.807, 2.05) is 0 Å². The highest BCUT2D eigenvalue weighted by molar-refractivity contribution is 6.01. The second-order valence-electron chi connectivity index (χ2n) is 6.20. The highest BCUT2D eigenvalue weighted by Crippen LogP contribution is 2.32. The normalized spacial score (nSPS) is 14.0. The van der Waals surface area contributed by atoms with Crippen molar-refractivity contribution in [3.63, 3.8) is 0 Å². The molecule has 1 amide bonds. The summed E-state index contributed by atoms with van der Waals surface area (Å²) in [5, 5.41) is 1.30. The van der Waals surface area contributed by atoms with Crippen LogP contribution in [0.25, 0.3) is 5.70 Å². The first-order valence-corrected chi connectivity index (χ1v) is 8.30. The van der Waals surface area contributed by atoms with Gasteiger partial charge in [-0.2, -0.15) is 13.2 Å². The summed E-state index contributed by atoms with van der Waals surface area (Å²) in [4.78, 5) is 16.8. The zero-order valence-corrected chi connectivity index (χ0v) is 14.7. The van der Waals surface area contributed by atoms with E-state index in [2.05, 4.69) is 17.0 Å². The molecule has 0 saturated carbocycles. The molecule has 146 valence electrons. The van der Waals surface area contributed by atoms with Gasteiger partial charge in [-0.1, -0.05) is 36.9 Å². The van der Waals surface area contributed by atoms with Gasteiger partial charge in [0.05, 0.1) is 23.4 Å². The minimum absolute atomic E-state index is 0.142. The molecule has 0 atom stereocenters. The van der Waals surface area contributed by atoms with Crippen LogP contribution in [0, 0.1) is 0 Å². The Hall–Kier alpha value is -3.17. The van der Waals surface area contributed by atoms with E-state index in [4.69, 9.17) is 11.5 Å². The lowest BCUT2D eigenvalue weighted by Crippen LogP contribution is -2.55. The average molecular weight is 389 g/mol. The Morgan fingerprint density at radius 2 is 1.79 bits per heavy atom. The number of aliphatic imine (C=N–C) groups is 1. The van der Waals surface area contributed by atoms with Crippen LogP contribution < -0.4 is 16.9 Å². The Balaban J connectivity index is 1.77. The second-order valence-corrected chi connectivity index (χ2v) is 6.20. The van der Waals surface area contributed by atoms with Crippen LogP contribution in [0.1, 0.15) is 16.7 Å². The molecule has 28 heavy (non-hydrogen) atoms. The third-order valence-electron chi connectivity index (χ3n) is 4.13. The van der Waals surface area contributed by atoms with Crippen molar-refractivity contribution >= 4 is 23.1 Å². The molecule has 6 nitrogen and oxygen atoms in total. The molecule has 0 radical (unpaired) electrons. The van der Waals surface area contributed by atoms with E-state index in [-0.39, 0.29) is 12.3 Å². The number of alkyl halides is 3. The van der Waals surface area contributed by atoms with Gasteiger partial charge in [-0.3, -0.25) is 10.2 Å². The largest absolute Gasteiger partial charge is 0.416 e. The standard InChI is InChI=1S/C19H18F3N5O/c1-11-14-4-2-3-5-15(14)25-18(17(23)24)27(11)26-16(28)10-12-6-8-13(9-7-12)19(20,21)22/h2-9,17H,1,10,23-24H2,(H,26,28). The summed E-state index contributed by atoms with van der Waals surface area (Å²) in [6.07, 6.45) is -5.55. The molecule has 5 N–H and O–H groups in total. The van der Waals surface area contributed by atoms with Gasteiger partial charge in [0.1, 0.15) is 6.17 Å². The molecule has 0 aliphatic carbocycles. The Morgan fingerprint density at radius 1 is 1.14 bits per heavy atom. The maximum absolute atomic E-state index is 12.6. The average Bonchev–Trinajstić information content (AvgIpc) is 2.63. The molecule has 0 aromatic heterocycles. The number of carbonyl (C=O) groups is 1. The third-order valence-corrected chi connectivity index (χ3v) is 4.13. The highest BCUT2D eigenvalue weighted by Gasteiger charge is 2.30. The number of rotatable bonds is 4. The monoisotopic (exact) mass is 389 g/mol. The molecule has 0 fully saturated rings. The fourth-order valence-corrected chi connectivity index (χ4v) is 2.76. The van der Waals surface area contributed by atoms with E-state index in [1.165, 1.54) is 17.1 Å². The lowest BCUT2D eigenvalue weighted by atomic mass is 10.1. The number of nitrogens with one attached hydrogen (secondary N) is 1. The first kappa shape index (κ1) is 19.6. The van der Waals surface area contributed by atoms with Crippen molar-refractivity contribution in [2.75, 3.05) is 0 Å². The maximum atomic E-state index is 12.6. The first-order chi connectivity index (χ1) is 13.2. The fraction of sp³-hybridized carbons (Fsp3) is 0.158. The van der Waals surface area contributed by atoms with E-state index in [9.17, 15) is 18.0 Å². The number of benzene rings is 2. The van der Waals surface area contributed by atoms with E-state index < -0.39 is 23.8 Å². The molecule has 0 spiro atoms. The molecule has 1 aliphatic rings. The van der Waals surface area contributed by atoms with Crippen LogP contribution in [0.15, 0.2) is 60.1 Å². The number of hydrazine groups is 1. The van der Waals surface area contributed by atoms with Crippen LogP contribution in [0.5, 0.6) is 0 Å². The topological polar surface area (TPSA) is 96.7 Å². The van der Waals surface area contributed by atoms with Gasteiger partial charge < -0.3 is 11.5 Å². The number of para-hydroxylation sites is 1. The Labute approximate surface area is 159 Å². The summed E-state index contributed by atoms with van der Waals surface area (Å²) in [6, 6.07) is 11.5. The lowest BCUT2D eigenvalue weighted by molar-refractivity contribution is -0.137. The molecular weight excluding hydrogens is 371 g/mol. The summed E-state index contributed by atoms with van der Waals surface area (Å²) in [6.45, 7) is 3.96. The summed E-state index contributed by atoms with van der Waals surface area (Å²) >= 11 is 0. The van der Waals surface area contributed by atoms with Crippen LogP contribution in [0.4, 0.5) is 18.9 Å². The van der Waals surface area contributed by atoms with Crippen molar-refractivity contribution in [2.45, 2.75) is 18.8 Å². The number of amidine groups is 1. The molecule has 1 heterocycles. The van der Waals surface area contributed by atoms with E-state index in [0.717, 1.165) is 12.1 Å². The number of nitrogens with two attached hydrogens (primary N) is 2. The van der Waals surface area contributed by atoms with E-state index in [0.29, 0.717) is 22.5 Å². The van der Waals surface area contributed by atoms with Crippen molar-refractivity contribution in [3.8, 4) is 0 Å². The smallest absolute Gasteiger partial charge is 0.310 e. The number of hydrogen-bond acceptors (Lipinski definition) is 5. The zero-order valence-electron chi connectivity index (χ0n) is 14.7. The van der Waals surface area contributed by atoms with Crippen molar-refractivity contribution in [2.24, 2.45) is 16.5 Å². The number of halogens is 3. The van der Waals surface area contributed by atoms with Gasteiger partial charge in [0.2, 0.25) is 5.91 Å². The highest BCUT2D eigenvalue weighted by atomic mass is 19.4. The third kappa shape index (κ3) is 4.05. The first-order valence-electron chi connectivity index (χ1n) is 8.30.